The van der Waals surface area contributed by atoms with Crippen LogP contribution in [0.4, 0.5) is 0 Å². The van der Waals surface area contributed by atoms with E-state index in [4.69, 9.17) is 4.74 Å². The molecular weight excluding hydrogens is 232 g/mol. The van der Waals surface area contributed by atoms with Crippen LogP contribution in [0.3, 0.4) is 0 Å². The van der Waals surface area contributed by atoms with E-state index in [1.165, 1.54) is 0 Å². The van der Waals surface area contributed by atoms with Crippen LogP contribution in [0.15, 0.2) is 6.33 Å². The van der Waals surface area contributed by atoms with Crippen LogP contribution in [0.2, 0.25) is 0 Å². The smallest absolute Gasteiger partial charge is 0.310 e. The second-order valence-electron chi connectivity index (χ2n) is 4.63. The molecule has 1 aromatic rings. The van der Waals surface area contributed by atoms with Gasteiger partial charge < -0.3 is 4.74 Å². The van der Waals surface area contributed by atoms with Crippen molar-refractivity contribution in [1.29, 1.82) is 0 Å². The van der Waals surface area contributed by atoms with Crippen LogP contribution in [-0.4, -0.2) is 45.3 Å². The molecule has 0 spiro atoms. The lowest BCUT2D eigenvalue weighted by atomic mass is 9.98. The summed E-state index contributed by atoms with van der Waals surface area (Å²) in [6.07, 6.45) is 3.51. The van der Waals surface area contributed by atoms with Crippen LogP contribution in [-0.2, 0) is 23.1 Å². The van der Waals surface area contributed by atoms with Gasteiger partial charge in [-0.15, -0.1) is 0 Å². The number of aryl methyl sites for hydroxylation is 1. The minimum Gasteiger partial charge on any atom is -0.466 e. The van der Waals surface area contributed by atoms with E-state index in [0.29, 0.717) is 6.61 Å². The third-order valence-corrected chi connectivity index (χ3v) is 3.30. The molecule has 6 nitrogen and oxygen atoms in total. The van der Waals surface area contributed by atoms with Crippen molar-refractivity contribution < 1.29 is 9.53 Å². The molecule has 1 aromatic heterocycles. The van der Waals surface area contributed by atoms with Gasteiger partial charge in [-0.1, -0.05) is 0 Å². The molecule has 100 valence electrons. The van der Waals surface area contributed by atoms with Gasteiger partial charge in [0.15, 0.2) is 0 Å². The number of rotatable bonds is 4. The molecule has 1 saturated heterocycles. The van der Waals surface area contributed by atoms with E-state index >= 15 is 0 Å². The zero-order valence-electron chi connectivity index (χ0n) is 11.0. The maximum atomic E-state index is 11.7. The van der Waals surface area contributed by atoms with Crippen molar-refractivity contribution in [3.8, 4) is 0 Å². The summed E-state index contributed by atoms with van der Waals surface area (Å²) < 4.78 is 6.86. The molecule has 0 amide bonds. The van der Waals surface area contributed by atoms with Crippen molar-refractivity contribution in [1.82, 2.24) is 19.7 Å². The average Bonchev–Trinajstić information content (AvgIpc) is 2.76. The van der Waals surface area contributed by atoms with Gasteiger partial charge >= 0.3 is 5.97 Å². The Morgan fingerprint density at radius 3 is 3.11 bits per heavy atom. The Hall–Kier alpha value is -1.43. The fraction of sp³-hybridized carbons (Fsp3) is 0.750. The highest BCUT2D eigenvalue weighted by atomic mass is 16.5. The zero-order valence-corrected chi connectivity index (χ0v) is 11.0. The Morgan fingerprint density at radius 1 is 1.61 bits per heavy atom. The minimum absolute atomic E-state index is 0.00641. The molecule has 0 aromatic carbocycles. The Balaban J connectivity index is 1.91. The summed E-state index contributed by atoms with van der Waals surface area (Å²) >= 11 is 0. The molecule has 0 bridgehead atoms. The molecule has 0 radical (unpaired) electrons. The van der Waals surface area contributed by atoms with E-state index in [2.05, 4.69) is 15.0 Å². The summed E-state index contributed by atoms with van der Waals surface area (Å²) in [7, 11) is 1.88. The fourth-order valence-corrected chi connectivity index (χ4v) is 2.31. The lowest BCUT2D eigenvalue weighted by molar-refractivity contribution is -0.150. The lowest BCUT2D eigenvalue weighted by Gasteiger charge is -2.30. The molecule has 18 heavy (non-hydrogen) atoms. The van der Waals surface area contributed by atoms with E-state index < -0.39 is 0 Å². The Labute approximate surface area is 107 Å². The van der Waals surface area contributed by atoms with Crippen LogP contribution >= 0.6 is 0 Å². The van der Waals surface area contributed by atoms with E-state index in [1.54, 1.807) is 11.0 Å². The summed E-state index contributed by atoms with van der Waals surface area (Å²) in [5.74, 6) is 0.867. The van der Waals surface area contributed by atoms with E-state index in [9.17, 15) is 4.79 Å². The van der Waals surface area contributed by atoms with Crippen molar-refractivity contribution in [2.45, 2.75) is 26.3 Å². The average molecular weight is 252 g/mol. The molecule has 1 atom stereocenters. The summed E-state index contributed by atoms with van der Waals surface area (Å²) in [6.45, 7) is 4.80. The van der Waals surface area contributed by atoms with Gasteiger partial charge in [-0.05, 0) is 26.3 Å². The number of carbonyl (C=O) groups excluding carboxylic acids is 1. The highest BCUT2D eigenvalue weighted by Crippen LogP contribution is 2.19. The normalized spacial score (nSPS) is 20.9. The molecule has 2 rings (SSSR count). The van der Waals surface area contributed by atoms with Gasteiger partial charge in [0.05, 0.1) is 19.1 Å². The van der Waals surface area contributed by atoms with Gasteiger partial charge in [0.2, 0.25) is 0 Å². The Morgan fingerprint density at radius 2 is 2.44 bits per heavy atom. The molecule has 0 aliphatic carbocycles. The number of hydrogen-bond donors (Lipinski definition) is 0. The Kier molecular flexibility index (Phi) is 4.30. The van der Waals surface area contributed by atoms with Crippen molar-refractivity contribution in [3.05, 3.63) is 12.2 Å². The van der Waals surface area contributed by atoms with Crippen LogP contribution in [0, 0.1) is 5.92 Å². The Bertz CT molecular complexity index is 405. The number of aromatic nitrogens is 3. The lowest BCUT2D eigenvalue weighted by Crippen LogP contribution is -2.39. The monoisotopic (exact) mass is 252 g/mol. The molecular formula is C12H20N4O2. The molecule has 2 heterocycles. The van der Waals surface area contributed by atoms with Crippen molar-refractivity contribution in [2.75, 3.05) is 19.7 Å². The van der Waals surface area contributed by atoms with Crippen molar-refractivity contribution in [2.24, 2.45) is 13.0 Å². The van der Waals surface area contributed by atoms with Crippen LogP contribution in [0.1, 0.15) is 25.6 Å². The third kappa shape index (κ3) is 3.07. The van der Waals surface area contributed by atoms with Gasteiger partial charge in [-0.2, -0.15) is 5.10 Å². The topological polar surface area (TPSA) is 60.2 Å². The zero-order chi connectivity index (χ0) is 13.0. The number of carbonyl (C=O) groups is 1. The first-order valence-electron chi connectivity index (χ1n) is 6.42. The van der Waals surface area contributed by atoms with Gasteiger partial charge in [0, 0.05) is 13.6 Å². The fourth-order valence-electron chi connectivity index (χ4n) is 2.31. The van der Waals surface area contributed by atoms with Crippen LogP contribution in [0.25, 0.3) is 0 Å². The third-order valence-electron chi connectivity index (χ3n) is 3.30. The van der Waals surface area contributed by atoms with E-state index in [-0.39, 0.29) is 11.9 Å². The highest BCUT2D eigenvalue weighted by molar-refractivity contribution is 5.72. The van der Waals surface area contributed by atoms with E-state index in [0.717, 1.165) is 38.3 Å². The summed E-state index contributed by atoms with van der Waals surface area (Å²) in [6, 6.07) is 0. The van der Waals surface area contributed by atoms with Crippen LogP contribution in [0.5, 0.6) is 0 Å². The van der Waals surface area contributed by atoms with E-state index in [1.807, 2.05) is 14.0 Å². The number of ether oxygens (including phenoxy) is 1. The summed E-state index contributed by atoms with van der Waals surface area (Å²) in [5, 5.41) is 4.05. The highest BCUT2D eigenvalue weighted by Gasteiger charge is 2.27. The van der Waals surface area contributed by atoms with Crippen molar-refractivity contribution in [3.63, 3.8) is 0 Å². The van der Waals surface area contributed by atoms with Gasteiger partial charge in [0.1, 0.15) is 12.2 Å². The standard InChI is InChI=1S/C12H20N4O2/c1-3-18-12(17)10-5-4-6-16(7-10)8-11-13-9-14-15(11)2/h9-10H,3-8H2,1-2H3. The summed E-state index contributed by atoms with van der Waals surface area (Å²) in [4.78, 5) is 18.2. The first-order chi connectivity index (χ1) is 8.70. The molecule has 6 heteroatoms. The first kappa shape index (κ1) is 13.0. The van der Waals surface area contributed by atoms with Crippen molar-refractivity contribution >= 4 is 5.97 Å². The molecule has 1 fully saturated rings. The molecule has 1 aliphatic rings. The largest absolute Gasteiger partial charge is 0.466 e. The number of piperidine rings is 1. The second kappa shape index (κ2) is 5.95. The molecule has 1 unspecified atom stereocenters. The molecule has 1 aliphatic heterocycles. The molecule has 0 N–H and O–H groups in total. The molecule has 0 saturated carbocycles. The van der Waals surface area contributed by atoms with Crippen LogP contribution < -0.4 is 0 Å². The van der Waals surface area contributed by atoms with Gasteiger partial charge in [-0.25, -0.2) is 4.98 Å². The predicted octanol–water partition coefficient (Wildman–Crippen LogP) is 0.590. The minimum atomic E-state index is -0.0693. The predicted molar refractivity (Wildman–Crippen MR) is 65.6 cm³/mol. The number of likely N-dealkylation sites (tertiary alicyclic amines) is 1. The van der Waals surface area contributed by atoms with Gasteiger partial charge in [0.25, 0.3) is 0 Å². The first-order valence-corrected chi connectivity index (χ1v) is 6.42. The number of esters is 1. The number of hydrogen-bond acceptors (Lipinski definition) is 5. The quantitative estimate of drug-likeness (QED) is 0.734. The maximum absolute atomic E-state index is 11.7. The number of nitrogens with zero attached hydrogens (tertiary/aromatic N) is 4. The SMILES string of the molecule is CCOC(=O)C1CCCN(Cc2ncnn2C)C1. The van der Waals surface area contributed by atoms with Gasteiger partial charge in [-0.3, -0.25) is 14.4 Å². The second-order valence-corrected chi connectivity index (χ2v) is 4.63. The maximum Gasteiger partial charge on any atom is 0.310 e. The summed E-state index contributed by atoms with van der Waals surface area (Å²) in [5.41, 5.74) is 0.